The summed E-state index contributed by atoms with van der Waals surface area (Å²) in [5.74, 6) is 5.49. The van der Waals surface area contributed by atoms with Gasteiger partial charge in [0.2, 0.25) is 0 Å². The molecule has 19 heavy (non-hydrogen) atoms. The number of nitrogens with two attached hydrogens (primary N) is 1. The van der Waals surface area contributed by atoms with E-state index < -0.39 is 0 Å². The lowest BCUT2D eigenvalue weighted by atomic mass is 10.2. The average Bonchev–Trinajstić information content (AvgIpc) is 2.87. The van der Waals surface area contributed by atoms with Gasteiger partial charge in [0.05, 0.1) is 6.54 Å². The molecule has 2 heterocycles. The molecule has 0 bridgehead atoms. The highest BCUT2D eigenvalue weighted by atomic mass is 32.1. The van der Waals surface area contributed by atoms with E-state index in [1.807, 2.05) is 18.4 Å². The standard InChI is InChI=1S/C14H13N3OS/c1-10-9-16-7-4-12(10)17-14(18)13-11(3-2-6-15)5-8-19-13/h4-5,7-9H,6,15H2,1H3,(H,16,17,18). The van der Waals surface area contributed by atoms with E-state index in [9.17, 15) is 4.79 Å². The summed E-state index contributed by atoms with van der Waals surface area (Å²) in [6.07, 6.45) is 3.35. The van der Waals surface area contributed by atoms with Gasteiger partial charge in [-0.15, -0.1) is 11.3 Å². The minimum atomic E-state index is -0.161. The third-order valence-corrected chi connectivity index (χ3v) is 3.38. The van der Waals surface area contributed by atoms with Crippen LogP contribution in [0.1, 0.15) is 20.8 Å². The van der Waals surface area contributed by atoms with Crippen molar-refractivity contribution >= 4 is 22.9 Å². The number of nitrogens with zero attached hydrogens (tertiary/aromatic N) is 1. The molecule has 2 aromatic heterocycles. The van der Waals surface area contributed by atoms with Gasteiger partial charge in [-0.2, -0.15) is 0 Å². The Bertz CT molecular complexity index is 652. The first-order valence-electron chi connectivity index (χ1n) is 5.70. The summed E-state index contributed by atoms with van der Waals surface area (Å²) in [5.41, 5.74) is 7.72. The minimum absolute atomic E-state index is 0.161. The van der Waals surface area contributed by atoms with Gasteiger partial charge < -0.3 is 11.1 Å². The van der Waals surface area contributed by atoms with Crippen LogP contribution in [0, 0.1) is 18.8 Å². The molecule has 0 aliphatic heterocycles. The number of aromatic nitrogens is 1. The third kappa shape index (κ3) is 3.19. The first-order valence-corrected chi connectivity index (χ1v) is 6.58. The Morgan fingerprint density at radius 2 is 2.37 bits per heavy atom. The zero-order valence-electron chi connectivity index (χ0n) is 10.4. The molecule has 0 aliphatic rings. The molecule has 0 spiro atoms. The van der Waals surface area contributed by atoms with Crippen LogP contribution in [-0.4, -0.2) is 17.4 Å². The van der Waals surface area contributed by atoms with Crippen molar-refractivity contribution in [3.63, 3.8) is 0 Å². The molecule has 0 aliphatic carbocycles. The molecule has 0 unspecified atom stereocenters. The number of thiophene rings is 1. The van der Waals surface area contributed by atoms with Crippen molar-refractivity contribution in [1.82, 2.24) is 4.98 Å². The van der Waals surface area contributed by atoms with Crippen LogP contribution in [0.2, 0.25) is 0 Å². The highest BCUT2D eigenvalue weighted by Crippen LogP contribution is 2.19. The summed E-state index contributed by atoms with van der Waals surface area (Å²) < 4.78 is 0. The average molecular weight is 271 g/mol. The Hall–Kier alpha value is -2.16. The van der Waals surface area contributed by atoms with Crippen LogP contribution in [0.3, 0.4) is 0 Å². The second-order valence-electron chi connectivity index (χ2n) is 3.81. The van der Waals surface area contributed by atoms with Crippen LogP contribution in [-0.2, 0) is 0 Å². The summed E-state index contributed by atoms with van der Waals surface area (Å²) in [4.78, 5) is 16.8. The number of amides is 1. The lowest BCUT2D eigenvalue weighted by molar-refractivity contribution is 0.103. The van der Waals surface area contributed by atoms with E-state index in [1.54, 1.807) is 18.5 Å². The highest BCUT2D eigenvalue weighted by Gasteiger charge is 2.12. The number of aryl methyl sites for hydroxylation is 1. The summed E-state index contributed by atoms with van der Waals surface area (Å²) in [6, 6.07) is 3.59. The van der Waals surface area contributed by atoms with E-state index in [2.05, 4.69) is 22.1 Å². The number of rotatable bonds is 2. The minimum Gasteiger partial charge on any atom is -0.321 e. The molecule has 0 atom stereocenters. The molecule has 0 fully saturated rings. The predicted molar refractivity (Wildman–Crippen MR) is 77.2 cm³/mol. The molecule has 0 aromatic carbocycles. The van der Waals surface area contributed by atoms with Gasteiger partial charge >= 0.3 is 0 Å². The zero-order valence-corrected chi connectivity index (χ0v) is 11.3. The second kappa shape index (κ2) is 6.14. The number of anilines is 1. The topological polar surface area (TPSA) is 68.0 Å². The molecular formula is C14H13N3OS. The van der Waals surface area contributed by atoms with E-state index in [-0.39, 0.29) is 12.5 Å². The number of hydrogen-bond donors (Lipinski definition) is 2. The van der Waals surface area contributed by atoms with Crippen LogP contribution in [0.25, 0.3) is 0 Å². The Morgan fingerprint density at radius 1 is 1.53 bits per heavy atom. The highest BCUT2D eigenvalue weighted by molar-refractivity contribution is 7.12. The van der Waals surface area contributed by atoms with Crippen molar-refractivity contribution in [1.29, 1.82) is 0 Å². The molecule has 4 nitrogen and oxygen atoms in total. The fourth-order valence-corrected chi connectivity index (χ4v) is 2.27. The monoisotopic (exact) mass is 271 g/mol. The molecule has 0 saturated heterocycles. The van der Waals surface area contributed by atoms with Gasteiger partial charge in [-0.05, 0) is 30.0 Å². The van der Waals surface area contributed by atoms with E-state index in [0.717, 1.165) is 11.3 Å². The third-order valence-electron chi connectivity index (χ3n) is 2.47. The maximum absolute atomic E-state index is 12.2. The van der Waals surface area contributed by atoms with Gasteiger partial charge in [-0.1, -0.05) is 11.8 Å². The quantitative estimate of drug-likeness (QED) is 0.821. The van der Waals surface area contributed by atoms with E-state index in [0.29, 0.717) is 10.4 Å². The van der Waals surface area contributed by atoms with E-state index >= 15 is 0 Å². The number of carbonyl (C=O) groups is 1. The predicted octanol–water partition coefficient (Wildman–Crippen LogP) is 2.01. The zero-order chi connectivity index (χ0) is 13.7. The molecule has 96 valence electrons. The van der Waals surface area contributed by atoms with Crippen LogP contribution in [0.4, 0.5) is 5.69 Å². The first kappa shape index (κ1) is 13.3. The number of hydrogen-bond acceptors (Lipinski definition) is 4. The molecule has 0 radical (unpaired) electrons. The SMILES string of the molecule is Cc1cnccc1NC(=O)c1sccc1C#CCN. The van der Waals surface area contributed by atoms with Crippen LogP contribution in [0.15, 0.2) is 29.9 Å². The fraction of sp³-hybridized carbons (Fsp3) is 0.143. The molecule has 0 saturated carbocycles. The summed E-state index contributed by atoms with van der Waals surface area (Å²) in [5, 5.41) is 4.70. The largest absolute Gasteiger partial charge is 0.321 e. The van der Waals surface area contributed by atoms with Crippen molar-refractivity contribution in [3.8, 4) is 11.8 Å². The first-order chi connectivity index (χ1) is 9.22. The van der Waals surface area contributed by atoms with Gasteiger partial charge in [0.1, 0.15) is 4.88 Å². The van der Waals surface area contributed by atoms with Crippen LogP contribution >= 0.6 is 11.3 Å². The lowest BCUT2D eigenvalue weighted by Crippen LogP contribution is -2.12. The Labute approximate surface area is 115 Å². The van der Waals surface area contributed by atoms with E-state index in [1.165, 1.54) is 11.3 Å². The normalized spacial score (nSPS) is 9.58. The van der Waals surface area contributed by atoms with Gasteiger partial charge in [0.15, 0.2) is 0 Å². The Balaban J connectivity index is 2.22. The summed E-state index contributed by atoms with van der Waals surface area (Å²) in [6.45, 7) is 2.17. The smallest absolute Gasteiger partial charge is 0.267 e. The van der Waals surface area contributed by atoms with Crippen molar-refractivity contribution in [2.24, 2.45) is 5.73 Å². The number of pyridine rings is 1. The molecule has 5 heteroatoms. The summed E-state index contributed by atoms with van der Waals surface area (Å²) in [7, 11) is 0. The Morgan fingerprint density at radius 3 is 3.11 bits per heavy atom. The van der Waals surface area contributed by atoms with Gasteiger partial charge in [0.25, 0.3) is 5.91 Å². The van der Waals surface area contributed by atoms with Crippen molar-refractivity contribution in [2.75, 3.05) is 11.9 Å². The maximum Gasteiger partial charge on any atom is 0.267 e. The van der Waals surface area contributed by atoms with Gasteiger partial charge in [-0.3, -0.25) is 9.78 Å². The molecule has 3 N–H and O–H groups in total. The van der Waals surface area contributed by atoms with Crippen molar-refractivity contribution < 1.29 is 4.79 Å². The van der Waals surface area contributed by atoms with Gasteiger partial charge in [-0.25, -0.2) is 0 Å². The van der Waals surface area contributed by atoms with Crippen LogP contribution < -0.4 is 11.1 Å². The fourth-order valence-electron chi connectivity index (χ4n) is 1.52. The van der Waals surface area contributed by atoms with Crippen molar-refractivity contribution in [2.45, 2.75) is 6.92 Å². The lowest BCUT2D eigenvalue weighted by Gasteiger charge is -2.06. The maximum atomic E-state index is 12.2. The Kier molecular flexibility index (Phi) is 4.29. The van der Waals surface area contributed by atoms with Crippen molar-refractivity contribution in [3.05, 3.63) is 45.9 Å². The van der Waals surface area contributed by atoms with E-state index in [4.69, 9.17) is 5.73 Å². The number of nitrogens with one attached hydrogen (secondary N) is 1. The molecular weight excluding hydrogens is 258 g/mol. The molecule has 2 rings (SSSR count). The van der Waals surface area contributed by atoms with Gasteiger partial charge in [0, 0.05) is 23.6 Å². The summed E-state index contributed by atoms with van der Waals surface area (Å²) >= 11 is 1.36. The number of carbonyl (C=O) groups excluding carboxylic acids is 1. The van der Waals surface area contributed by atoms with Crippen LogP contribution in [0.5, 0.6) is 0 Å². The second-order valence-corrected chi connectivity index (χ2v) is 4.73. The molecule has 1 amide bonds. The molecule has 2 aromatic rings.